The normalized spacial score (nSPS) is 12.3. The zero-order valence-corrected chi connectivity index (χ0v) is 12.0. The van der Waals surface area contributed by atoms with Gasteiger partial charge in [-0.15, -0.1) is 0 Å². The van der Waals surface area contributed by atoms with Gasteiger partial charge in [0.15, 0.2) is 5.78 Å². The summed E-state index contributed by atoms with van der Waals surface area (Å²) in [5.74, 6) is 0.837. The number of nitrogens with two attached hydrogens (primary N) is 1. The molecule has 2 aromatic carbocycles. The Morgan fingerprint density at radius 3 is 2.41 bits per heavy atom. The number of nitrogens with one attached hydrogen (secondary N) is 1. The first kappa shape index (κ1) is 13.0. The molecule has 4 heteroatoms. The summed E-state index contributed by atoms with van der Waals surface area (Å²) in [6.07, 6.45) is 0. The fourth-order valence-corrected chi connectivity index (χ4v) is 3.04. The van der Waals surface area contributed by atoms with Gasteiger partial charge in [0, 0.05) is 29.6 Å². The summed E-state index contributed by atoms with van der Waals surface area (Å²) in [4.78, 5) is 17.5. The number of hydrogen-bond acceptors (Lipinski definition) is 4. The molecule has 0 saturated carbocycles. The van der Waals surface area contributed by atoms with Crippen molar-refractivity contribution in [3.8, 4) is 11.3 Å². The molecule has 1 heterocycles. The molecule has 0 amide bonds. The Kier molecular flexibility index (Phi) is 2.91. The number of anilines is 1. The maximum Gasteiger partial charge on any atom is 0.196 e. The fraction of sp³-hybridized carbons (Fsp3) is 0.111. The molecule has 0 radical (unpaired) electrons. The van der Waals surface area contributed by atoms with Crippen LogP contribution >= 0.6 is 0 Å². The van der Waals surface area contributed by atoms with Gasteiger partial charge in [-0.1, -0.05) is 48.5 Å². The molecule has 0 bridgehead atoms. The van der Waals surface area contributed by atoms with E-state index in [4.69, 9.17) is 10.7 Å². The zero-order valence-electron chi connectivity index (χ0n) is 12.0. The van der Waals surface area contributed by atoms with E-state index in [1.54, 1.807) is 0 Å². The lowest BCUT2D eigenvalue weighted by Crippen LogP contribution is -2.14. The molecule has 1 aromatic heterocycles. The lowest BCUT2D eigenvalue weighted by Gasteiger charge is -2.11. The summed E-state index contributed by atoms with van der Waals surface area (Å²) in [5.41, 5.74) is 8.69. The van der Waals surface area contributed by atoms with E-state index >= 15 is 0 Å². The van der Waals surface area contributed by atoms with Crippen LogP contribution in [-0.2, 0) is 0 Å². The number of carbonyl (C=O) groups is 1. The van der Waals surface area contributed by atoms with Gasteiger partial charge in [-0.25, -0.2) is 4.98 Å². The first-order chi connectivity index (χ1) is 10.8. The number of benzene rings is 2. The van der Waals surface area contributed by atoms with Crippen LogP contribution in [0.3, 0.4) is 0 Å². The molecule has 108 valence electrons. The van der Waals surface area contributed by atoms with Gasteiger partial charge in [0.05, 0.1) is 11.3 Å². The van der Waals surface area contributed by atoms with E-state index < -0.39 is 0 Å². The summed E-state index contributed by atoms with van der Waals surface area (Å²) in [7, 11) is 0. The van der Waals surface area contributed by atoms with Crippen LogP contribution < -0.4 is 11.1 Å². The Balaban J connectivity index is 2.05. The lowest BCUT2D eigenvalue weighted by atomic mass is 10.0. The van der Waals surface area contributed by atoms with E-state index in [9.17, 15) is 4.79 Å². The molecule has 1 aliphatic carbocycles. The van der Waals surface area contributed by atoms with Crippen LogP contribution in [0, 0.1) is 0 Å². The number of fused-ring (bicyclic) bond motifs is 5. The second kappa shape index (κ2) is 4.93. The molecule has 4 nitrogen and oxygen atoms in total. The van der Waals surface area contributed by atoms with Crippen molar-refractivity contribution >= 4 is 22.4 Å². The Morgan fingerprint density at radius 1 is 0.955 bits per heavy atom. The number of aromatic nitrogens is 1. The van der Waals surface area contributed by atoms with Crippen molar-refractivity contribution in [1.29, 1.82) is 0 Å². The Labute approximate surface area is 128 Å². The van der Waals surface area contributed by atoms with E-state index in [0.717, 1.165) is 33.4 Å². The maximum atomic E-state index is 12.7. The minimum absolute atomic E-state index is 0.0553. The molecule has 1 aliphatic rings. The monoisotopic (exact) mass is 289 g/mol. The number of pyridine rings is 1. The third-order valence-corrected chi connectivity index (χ3v) is 4.00. The van der Waals surface area contributed by atoms with Gasteiger partial charge in [-0.05, 0) is 5.39 Å². The topological polar surface area (TPSA) is 68.0 Å². The van der Waals surface area contributed by atoms with E-state index in [0.29, 0.717) is 18.7 Å². The van der Waals surface area contributed by atoms with Crippen LogP contribution in [0.1, 0.15) is 15.9 Å². The van der Waals surface area contributed by atoms with Crippen molar-refractivity contribution in [2.75, 3.05) is 18.4 Å². The minimum Gasteiger partial charge on any atom is -0.368 e. The van der Waals surface area contributed by atoms with Gasteiger partial charge < -0.3 is 11.1 Å². The molecular weight excluding hydrogens is 274 g/mol. The van der Waals surface area contributed by atoms with Crippen molar-refractivity contribution in [2.24, 2.45) is 5.73 Å². The van der Waals surface area contributed by atoms with Crippen molar-refractivity contribution in [3.05, 3.63) is 59.7 Å². The van der Waals surface area contributed by atoms with E-state index in [1.807, 2.05) is 48.5 Å². The smallest absolute Gasteiger partial charge is 0.196 e. The highest BCUT2D eigenvalue weighted by atomic mass is 16.1. The quantitative estimate of drug-likeness (QED) is 0.608. The maximum absolute atomic E-state index is 12.7. The SMILES string of the molecule is NCCNc1nc2c(c3ccccc13)C(=O)c1ccccc1-2. The van der Waals surface area contributed by atoms with E-state index in [2.05, 4.69) is 5.32 Å². The molecular formula is C18H15N3O. The second-order valence-corrected chi connectivity index (χ2v) is 5.32. The first-order valence-corrected chi connectivity index (χ1v) is 7.32. The Hall–Kier alpha value is -2.72. The Morgan fingerprint density at radius 2 is 1.64 bits per heavy atom. The van der Waals surface area contributed by atoms with Gasteiger partial charge >= 0.3 is 0 Å². The fourth-order valence-electron chi connectivity index (χ4n) is 3.04. The minimum atomic E-state index is 0.0553. The number of hydrogen-bond donors (Lipinski definition) is 2. The molecule has 0 unspecified atom stereocenters. The third kappa shape index (κ3) is 1.74. The molecule has 0 atom stereocenters. The van der Waals surface area contributed by atoms with Crippen LogP contribution in [0.15, 0.2) is 48.5 Å². The second-order valence-electron chi connectivity index (χ2n) is 5.32. The van der Waals surface area contributed by atoms with Crippen LogP contribution in [0.4, 0.5) is 5.82 Å². The molecule has 22 heavy (non-hydrogen) atoms. The zero-order chi connectivity index (χ0) is 15.1. The molecule has 3 aromatic rings. The predicted molar refractivity (Wildman–Crippen MR) is 88.2 cm³/mol. The van der Waals surface area contributed by atoms with Gasteiger partial charge in [-0.3, -0.25) is 4.79 Å². The molecule has 0 aliphatic heterocycles. The predicted octanol–water partition coefficient (Wildman–Crippen LogP) is 2.82. The molecule has 0 spiro atoms. The van der Waals surface area contributed by atoms with Crippen molar-refractivity contribution in [1.82, 2.24) is 4.98 Å². The van der Waals surface area contributed by atoms with E-state index in [-0.39, 0.29) is 5.78 Å². The first-order valence-electron chi connectivity index (χ1n) is 7.32. The lowest BCUT2D eigenvalue weighted by molar-refractivity contribution is 0.104. The highest BCUT2D eigenvalue weighted by Crippen LogP contribution is 2.40. The Bertz CT molecular complexity index is 902. The highest BCUT2D eigenvalue weighted by Gasteiger charge is 2.30. The standard InChI is InChI=1S/C18H15N3O/c19-9-10-20-18-14-8-4-1-5-11(14)15-16(21-18)12-6-2-3-7-13(12)17(15)22/h1-8H,9-10,19H2,(H,20,21). The summed E-state index contributed by atoms with van der Waals surface area (Å²) < 4.78 is 0. The van der Waals surface area contributed by atoms with Gasteiger partial charge in [-0.2, -0.15) is 0 Å². The van der Waals surface area contributed by atoms with E-state index in [1.165, 1.54) is 0 Å². The van der Waals surface area contributed by atoms with Crippen molar-refractivity contribution < 1.29 is 4.79 Å². The van der Waals surface area contributed by atoms with Gasteiger partial charge in [0.25, 0.3) is 0 Å². The third-order valence-electron chi connectivity index (χ3n) is 4.00. The average molecular weight is 289 g/mol. The molecule has 0 saturated heterocycles. The molecule has 3 N–H and O–H groups in total. The van der Waals surface area contributed by atoms with Crippen molar-refractivity contribution in [2.45, 2.75) is 0 Å². The summed E-state index contributed by atoms with van der Waals surface area (Å²) in [6, 6.07) is 15.5. The van der Waals surface area contributed by atoms with Crippen LogP contribution in [-0.4, -0.2) is 23.9 Å². The number of ketones is 1. The molecule has 0 fully saturated rings. The van der Waals surface area contributed by atoms with Crippen LogP contribution in [0.2, 0.25) is 0 Å². The summed E-state index contributed by atoms with van der Waals surface area (Å²) in [6.45, 7) is 1.17. The highest BCUT2D eigenvalue weighted by molar-refractivity contribution is 6.27. The number of carbonyl (C=O) groups excluding carboxylic acids is 1. The van der Waals surface area contributed by atoms with Crippen molar-refractivity contribution in [3.63, 3.8) is 0 Å². The van der Waals surface area contributed by atoms with Gasteiger partial charge in [0.1, 0.15) is 5.82 Å². The number of rotatable bonds is 3. The largest absolute Gasteiger partial charge is 0.368 e. The number of nitrogens with zero attached hydrogens (tertiary/aromatic N) is 1. The summed E-state index contributed by atoms with van der Waals surface area (Å²) >= 11 is 0. The molecule has 4 rings (SSSR count). The summed E-state index contributed by atoms with van der Waals surface area (Å²) in [5, 5.41) is 5.16. The van der Waals surface area contributed by atoms with Crippen LogP contribution in [0.25, 0.3) is 22.0 Å². The average Bonchev–Trinajstić information content (AvgIpc) is 2.86. The van der Waals surface area contributed by atoms with Gasteiger partial charge in [0.2, 0.25) is 0 Å². The van der Waals surface area contributed by atoms with Crippen LogP contribution in [0.5, 0.6) is 0 Å².